The summed E-state index contributed by atoms with van der Waals surface area (Å²) in [7, 11) is 0. The molecule has 2 rings (SSSR count). The minimum absolute atomic E-state index is 0.221. The van der Waals surface area contributed by atoms with Crippen LogP contribution in [0.3, 0.4) is 0 Å². The smallest absolute Gasteiger partial charge is 0.414 e. The Morgan fingerprint density at radius 1 is 1.36 bits per heavy atom. The van der Waals surface area contributed by atoms with E-state index in [4.69, 9.17) is 4.74 Å². The molecule has 0 spiro atoms. The summed E-state index contributed by atoms with van der Waals surface area (Å²) < 4.78 is 4.89. The molecule has 0 saturated carbocycles. The van der Waals surface area contributed by atoms with Gasteiger partial charge in [0.05, 0.1) is 6.54 Å². The van der Waals surface area contributed by atoms with Crippen molar-refractivity contribution in [3.05, 3.63) is 66.4 Å². The monoisotopic (exact) mass is 298 g/mol. The molecule has 0 unspecified atom stereocenters. The lowest BCUT2D eigenvalue weighted by Crippen LogP contribution is -2.24. The van der Waals surface area contributed by atoms with Crippen LogP contribution in [0.4, 0.5) is 10.5 Å². The molecule has 22 heavy (non-hydrogen) atoms. The van der Waals surface area contributed by atoms with Gasteiger partial charge >= 0.3 is 6.09 Å². The molecule has 1 aromatic carbocycles. The number of hydrogen-bond acceptors (Lipinski definition) is 3. The first kappa shape index (κ1) is 15.6. The summed E-state index contributed by atoms with van der Waals surface area (Å²) in [5, 5.41) is 2.79. The zero-order valence-corrected chi connectivity index (χ0v) is 12.4. The SMILES string of the molecule is C=C/C=C(\C=C/C)NC(=O)c1ccc(N2CCOC2=O)cc1. The molecule has 0 bridgehead atoms. The summed E-state index contributed by atoms with van der Waals surface area (Å²) in [6.07, 6.45) is 6.58. The third-order valence-electron chi connectivity index (χ3n) is 3.10. The van der Waals surface area contributed by atoms with Crippen LogP contribution in [0.5, 0.6) is 0 Å². The molecule has 1 N–H and O–H groups in total. The molecular weight excluding hydrogens is 280 g/mol. The molecule has 5 heteroatoms. The van der Waals surface area contributed by atoms with Crippen LogP contribution in [-0.2, 0) is 4.74 Å². The summed E-state index contributed by atoms with van der Waals surface area (Å²) in [5.41, 5.74) is 1.89. The van der Waals surface area contributed by atoms with Gasteiger partial charge in [-0.3, -0.25) is 9.69 Å². The number of carbonyl (C=O) groups is 2. The van der Waals surface area contributed by atoms with Gasteiger partial charge in [0.15, 0.2) is 0 Å². The first-order chi connectivity index (χ1) is 10.7. The molecule has 2 amide bonds. The fraction of sp³-hybridized carbons (Fsp3) is 0.176. The van der Waals surface area contributed by atoms with E-state index in [1.807, 2.05) is 13.0 Å². The number of nitrogens with one attached hydrogen (secondary N) is 1. The number of rotatable bonds is 5. The van der Waals surface area contributed by atoms with Crippen LogP contribution in [0, 0.1) is 0 Å². The number of carbonyl (C=O) groups excluding carboxylic acids is 2. The number of amides is 2. The highest BCUT2D eigenvalue weighted by Crippen LogP contribution is 2.19. The average Bonchev–Trinajstić information content (AvgIpc) is 2.94. The predicted molar refractivity (Wildman–Crippen MR) is 85.7 cm³/mol. The van der Waals surface area contributed by atoms with Gasteiger partial charge < -0.3 is 10.1 Å². The fourth-order valence-corrected chi connectivity index (χ4v) is 2.07. The van der Waals surface area contributed by atoms with Gasteiger partial charge in [0, 0.05) is 16.9 Å². The van der Waals surface area contributed by atoms with E-state index < -0.39 is 0 Å². The Bertz CT molecular complexity index is 630. The minimum atomic E-state index is -0.360. The van der Waals surface area contributed by atoms with Gasteiger partial charge in [-0.1, -0.05) is 18.7 Å². The number of nitrogens with zero attached hydrogens (tertiary/aromatic N) is 1. The molecule has 0 radical (unpaired) electrons. The van der Waals surface area contributed by atoms with Crippen molar-refractivity contribution >= 4 is 17.7 Å². The van der Waals surface area contributed by atoms with Crippen LogP contribution in [0.2, 0.25) is 0 Å². The quantitative estimate of drug-likeness (QED) is 0.850. The Morgan fingerprint density at radius 3 is 2.64 bits per heavy atom. The van der Waals surface area contributed by atoms with Crippen molar-refractivity contribution in [1.82, 2.24) is 5.32 Å². The fourth-order valence-electron chi connectivity index (χ4n) is 2.07. The molecule has 1 aliphatic rings. The lowest BCUT2D eigenvalue weighted by molar-refractivity contribution is 0.0967. The van der Waals surface area contributed by atoms with E-state index in [1.54, 1.807) is 42.5 Å². The van der Waals surface area contributed by atoms with E-state index in [9.17, 15) is 9.59 Å². The summed E-state index contributed by atoms with van der Waals surface area (Å²) >= 11 is 0. The third-order valence-corrected chi connectivity index (χ3v) is 3.10. The number of benzene rings is 1. The Hall–Kier alpha value is -2.82. The van der Waals surface area contributed by atoms with Crippen molar-refractivity contribution in [2.45, 2.75) is 6.92 Å². The van der Waals surface area contributed by atoms with Gasteiger partial charge in [0.2, 0.25) is 0 Å². The largest absolute Gasteiger partial charge is 0.447 e. The average molecular weight is 298 g/mol. The Balaban J connectivity index is 2.09. The van der Waals surface area contributed by atoms with Gasteiger partial charge in [-0.05, 0) is 43.3 Å². The summed E-state index contributed by atoms with van der Waals surface area (Å²) in [4.78, 5) is 25.2. The number of anilines is 1. The Kier molecular flexibility index (Phi) is 5.14. The summed E-state index contributed by atoms with van der Waals surface area (Å²) in [6.45, 7) is 6.40. The third kappa shape index (κ3) is 3.63. The Morgan fingerprint density at radius 2 is 2.09 bits per heavy atom. The van der Waals surface area contributed by atoms with E-state index in [0.29, 0.717) is 24.4 Å². The van der Waals surface area contributed by atoms with Crippen molar-refractivity contribution in [3.63, 3.8) is 0 Å². The number of cyclic esters (lactones) is 1. The van der Waals surface area contributed by atoms with Crippen LogP contribution in [0.1, 0.15) is 17.3 Å². The maximum atomic E-state index is 12.2. The maximum absolute atomic E-state index is 12.2. The van der Waals surface area contributed by atoms with E-state index in [2.05, 4.69) is 11.9 Å². The van der Waals surface area contributed by atoms with Crippen molar-refractivity contribution in [3.8, 4) is 0 Å². The number of ether oxygens (including phenoxy) is 1. The van der Waals surface area contributed by atoms with Crippen LogP contribution in [-0.4, -0.2) is 25.2 Å². The normalized spacial score (nSPS) is 15.0. The van der Waals surface area contributed by atoms with Crippen molar-refractivity contribution in [2.75, 3.05) is 18.1 Å². The summed E-state index contributed by atoms with van der Waals surface area (Å²) in [5.74, 6) is -0.221. The second-order valence-corrected chi connectivity index (χ2v) is 4.62. The van der Waals surface area contributed by atoms with Crippen molar-refractivity contribution < 1.29 is 14.3 Å². The molecule has 1 aliphatic heterocycles. The predicted octanol–water partition coefficient (Wildman–Crippen LogP) is 3.02. The molecule has 0 aromatic heterocycles. The van der Waals surface area contributed by atoms with Crippen LogP contribution in [0.25, 0.3) is 0 Å². The second-order valence-electron chi connectivity index (χ2n) is 4.62. The van der Waals surface area contributed by atoms with Crippen molar-refractivity contribution in [1.29, 1.82) is 0 Å². The zero-order chi connectivity index (χ0) is 15.9. The van der Waals surface area contributed by atoms with E-state index in [0.717, 1.165) is 5.69 Å². The molecule has 0 aliphatic carbocycles. The standard InChI is InChI=1S/C17H18N2O3/c1-3-5-14(6-4-2)18-16(20)13-7-9-15(10-8-13)19-11-12-22-17(19)21/h3-10H,1,11-12H2,2H3,(H,18,20)/b6-4-,14-5+. The first-order valence-corrected chi connectivity index (χ1v) is 6.97. The molecule has 5 nitrogen and oxygen atoms in total. The maximum Gasteiger partial charge on any atom is 0.414 e. The lowest BCUT2D eigenvalue weighted by atomic mass is 10.1. The molecule has 1 aromatic rings. The highest BCUT2D eigenvalue weighted by atomic mass is 16.6. The molecule has 0 atom stereocenters. The first-order valence-electron chi connectivity index (χ1n) is 6.97. The number of allylic oxidation sites excluding steroid dienone is 4. The minimum Gasteiger partial charge on any atom is -0.447 e. The van der Waals surface area contributed by atoms with Gasteiger partial charge in [0.1, 0.15) is 6.61 Å². The molecule has 114 valence electrons. The second kappa shape index (κ2) is 7.26. The molecule has 1 fully saturated rings. The van der Waals surface area contributed by atoms with Gasteiger partial charge in [-0.15, -0.1) is 0 Å². The summed E-state index contributed by atoms with van der Waals surface area (Å²) in [6, 6.07) is 6.82. The van der Waals surface area contributed by atoms with E-state index >= 15 is 0 Å². The topological polar surface area (TPSA) is 58.6 Å². The van der Waals surface area contributed by atoms with Crippen molar-refractivity contribution in [2.24, 2.45) is 0 Å². The highest BCUT2D eigenvalue weighted by Gasteiger charge is 2.23. The number of hydrogen-bond donors (Lipinski definition) is 1. The van der Waals surface area contributed by atoms with Crippen LogP contribution < -0.4 is 10.2 Å². The Labute approximate surface area is 129 Å². The molecule has 1 heterocycles. The van der Waals surface area contributed by atoms with Gasteiger partial charge in [0.25, 0.3) is 5.91 Å². The molecule has 1 saturated heterocycles. The van der Waals surface area contributed by atoms with E-state index in [-0.39, 0.29) is 12.0 Å². The lowest BCUT2D eigenvalue weighted by Gasteiger charge is -2.13. The highest BCUT2D eigenvalue weighted by molar-refractivity contribution is 5.96. The molecular formula is C17H18N2O3. The van der Waals surface area contributed by atoms with Crippen LogP contribution in [0.15, 0.2) is 60.8 Å². The zero-order valence-electron chi connectivity index (χ0n) is 12.4. The van der Waals surface area contributed by atoms with Gasteiger partial charge in [-0.2, -0.15) is 0 Å². The van der Waals surface area contributed by atoms with Crippen LogP contribution >= 0.6 is 0 Å². The van der Waals surface area contributed by atoms with E-state index in [1.165, 1.54) is 4.90 Å². The van der Waals surface area contributed by atoms with Gasteiger partial charge in [-0.25, -0.2) is 4.79 Å².